The third-order valence-corrected chi connectivity index (χ3v) is 19.3. The van der Waals surface area contributed by atoms with Gasteiger partial charge in [-0.25, -0.2) is 0 Å². The highest BCUT2D eigenvalue weighted by Crippen LogP contribution is 2.60. The van der Waals surface area contributed by atoms with Crippen LogP contribution in [-0.2, 0) is 21.7 Å². The van der Waals surface area contributed by atoms with Gasteiger partial charge in [-0.3, -0.25) is 0 Å². The Morgan fingerprint density at radius 1 is 0.299 bits per heavy atom. The zero-order chi connectivity index (χ0) is 52.2. The maximum Gasteiger partial charge on any atom is 0.159 e. The molecule has 0 radical (unpaired) electrons. The molecule has 2 nitrogen and oxygen atoms in total. The summed E-state index contributed by atoms with van der Waals surface area (Å²) in [6, 6.07) is 74.0. The molecule has 12 aromatic rings. The van der Waals surface area contributed by atoms with Crippen LogP contribution in [0.2, 0.25) is 0 Å². The summed E-state index contributed by atoms with van der Waals surface area (Å²) in [4.78, 5) is 2.49. The summed E-state index contributed by atoms with van der Waals surface area (Å²) in [5, 5.41) is 7.48. The lowest BCUT2D eigenvalue weighted by atomic mass is 9.78. The smallest absolute Gasteiger partial charge is 0.159 e. The van der Waals surface area contributed by atoms with E-state index in [-0.39, 0.29) is 21.7 Å². The van der Waals surface area contributed by atoms with Crippen LogP contribution in [0.15, 0.2) is 199 Å². The molecule has 1 aromatic heterocycles. The Balaban J connectivity index is 0.882. The van der Waals surface area contributed by atoms with Crippen molar-refractivity contribution in [3.63, 3.8) is 0 Å². The van der Waals surface area contributed by atoms with E-state index >= 15 is 0 Å². The van der Waals surface area contributed by atoms with Gasteiger partial charge >= 0.3 is 0 Å². The molecule has 77 heavy (non-hydrogen) atoms. The van der Waals surface area contributed by atoms with Gasteiger partial charge in [0.2, 0.25) is 0 Å². The molecular formula is C75H59NO. The fourth-order valence-electron chi connectivity index (χ4n) is 15.2. The monoisotopic (exact) mass is 989 g/mol. The summed E-state index contributed by atoms with van der Waals surface area (Å²) in [7, 11) is 0. The summed E-state index contributed by atoms with van der Waals surface area (Å²) in [5.74, 6) is 0. The zero-order valence-electron chi connectivity index (χ0n) is 45.3. The summed E-state index contributed by atoms with van der Waals surface area (Å²) >= 11 is 0. The van der Waals surface area contributed by atoms with Crippen molar-refractivity contribution in [1.82, 2.24) is 0 Å². The van der Waals surface area contributed by atoms with Crippen LogP contribution in [0.25, 0.3) is 99.1 Å². The minimum atomic E-state index is -0.264. The summed E-state index contributed by atoms with van der Waals surface area (Å²) in [5.41, 5.74) is 29.7. The number of hydrogen-bond acceptors (Lipinski definition) is 2. The average Bonchev–Trinajstić information content (AvgIpc) is 4.31. The first kappa shape index (κ1) is 44.8. The van der Waals surface area contributed by atoms with Gasteiger partial charge in [0.25, 0.3) is 0 Å². The molecule has 0 unspecified atom stereocenters. The Kier molecular flexibility index (Phi) is 8.68. The number of para-hydroxylation sites is 2. The molecule has 0 N–H and O–H groups in total. The molecular weight excluding hydrogens is 931 g/mol. The molecule has 0 saturated heterocycles. The first-order valence-corrected chi connectivity index (χ1v) is 27.7. The predicted octanol–water partition coefficient (Wildman–Crippen LogP) is 20.6. The van der Waals surface area contributed by atoms with Gasteiger partial charge in [0.05, 0.1) is 5.69 Å². The lowest BCUT2D eigenvalue weighted by molar-refractivity contribution is 0.652. The van der Waals surface area contributed by atoms with Crippen molar-refractivity contribution in [2.75, 3.05) is 4.90 Å². The maximum absolute atomic E-state index is 7.32. The van der Waals surface area contributed by atoms with E-state index < -0.39 is 0 Å². The van der Waals surface area contributed by atoms with Crippen LogP contribution in [0.5, 0.6) is 0 Å². The van der Waals surface area contributed by atoms with Crippen molar-refractivity contribution in [1.29, 1.82) is 0 Å². The molecule has 11 aromatic carbocycles. The number of anilines is 3. The molecule has 16 rings (SSSR count). The van der Waals surface area contributed by atoms with Gasteiger partial charge in [-0.2, -0.15) is 0 Å². The van der Waals surface area contributed by atoms with Gasteiger partial charge in [0, 0.05) is 49.4 Å². The van der Waals surface area contributed by atoms with Gasteiger partial charge in [0.15, 0.2) is 5.58 Å². The van der Waals surface area contributed by atoms with E-state index in [2.05, 4.69) is 261 Å². The minimum absolute atomic E-state index is 0.131. The number of aryl methyl sites for hydroxylation is 1. The molecule has 2 heteroatoms. The Bertz CT molecular complexity index is 4600. The number of furan rings is 1. The van der Waals surface area contributed by atoms with Crippen LogP contribution in [-0.4, -0.2) is 0 Å². The van der Waals surface area contributed by atoms with Gasteiger partial charge in [0.1, 0.15) is 5.58 Å². The van der Waals surface area contributed by atoms with E-state index in [1.54, 1.807) is 0 Å². The van der Waals surface area contributed by atoms with Crippen LogP contribution in [0.4, 0.5) is 17.1 Å². The summed E-state index contributed by atoms with van der Waals surface area (Å²) in [6.45, 7) is 21.6. The number of benzene rings is 11. The molecule has 0 amide bonds. The molecule has 0 atom stereocenters. The first-order chi connectivity index (χ1) is 37.1. The molecule has 370 valence electrons. The SMILES string of the molecule is Cc1ccccc1-c1cccc2c1oc1c(N(c3ccc4c(c3)C(C)(C)c3cc5c(cc3-4)C(C)(C)c3cc4ccccc4cc3-5)c3ccc4c(c3)C(C)(C)c3cc5c(cc3-4)C(C)(C)c3c-5ccc4ccccc34)cccc12. The van der Waals surface area contributed by atoms with Crippen molar-refractivity contribution < 1.29 is 4.42 Å². The average molecular weight is 990 g/mol. The minimum Gasteiger partial charge on any atom is -0.453 e. The number of rotatable bonds is 4. The standard InChI is InChI=1S/C75H59NO/c1-42-18-10-14-22-48(42)53-24-16-25-54-55-26-17-27-68(71(55)77-70(53)54)76(46-29-32-50-57-38-66-60(41-65(57)74(6,7)62(50)36-46)56-34-44-20-11-12-21-45(44)35-61(56)72(66,2)3)47-30-33-51-58-39-67-59(40-64(58)73(4,5)63(51)37-47)52-31-28-43-19-13-15-23-49(43)69(52)75(67,8)9/h10-41H,1-9H3. The molecule has 0 fully saturated rings. The number of hydrogen-bond donors (Lipinski definition) is 0. The molecule has 0 bridgehead atoms. The quantitative estimate of drug-likeness (QED) is 0.175. The molecule has 0 saturated carbocycles. The van der Waals surface area contributed by atoms with E-state index in [1.807, 2.05) is 0 Å². The molecule has 0 aliphatic heterocycles. The fourth-order valence-corrected chi connectivity index (χ4v) is 15.2. The van der Waals surface area contributed by atoms with Crippen LogP contribution >= 0.6 is 0 Å². The maximum atomic E-state index is 7.32. The van der Waals surface area contributed by atoms with E-state index in [0.717, 1.165) is 44.6 Å². The second kappa shape index (κ2) is 14.9. The highest BCUT2D eigenvalue weighted by Gasteiger charge is 2.45. The lowest BCUT2D eigenvalue weighted by Crippen LogP contribution is -2.18. The third-order valence-electron chi connectivity index (χ3n) is 19.3. The first-order valence-electron chi connectivity index (χ1n) is 27.7. The lowest BCUT2D eigenvalue weighted by Gasteiger charge is -2.29. The summed E-state index contributed by atoms with van der Waals surface area (Å²) < 4.78 is 7.32. The van der Waals surface area contributed by atoms with Gasteiger partial charge < -0.3 is 9.32 Å². The highest BCUT2D eigenvalue weighted by molar-refractivity contribution is 6.14. The van der Waals surface area contributed by atoms with Gasteiger partial charge in [-0.1, -0.05) is 183 Å². The van der Waals surface area contributed by atoms with Crippen LogP contribution in [0.3, 0.4) is 0 Å². The molecule has 0 spiro atoms. The van der Waals surface area contributed by atoms with Crippen molar-refractivity contribution in [3.8, 4) is 55.6 Å². The van der Waals surface area contributed by atoms with Crippen molar-refractivity contribution in [3.05, 3.63) is 244 Å². The Hall–Kier alpha value is -8.46. The molecule has 1 heterocycles. The molecule has 4 aliphatic carbocycles. The van der Waals surface area contributed by atoms with Crippen molar-refractivity contribution >= 4 is 60.5 Å². The van der Waals surface area contributed by atoms with E-state index in [9.17, 15) is 0 Å². The van der Waals surface area contributed by atoms with Crippen LogP contribution in [0, 0.1) is 6.92 Å². The predicted molar refractivity (Wildman–Crippen MR) is 324 cm³/mol. The zero-order valence-corrected chi connectivity index (χ0v) is 45.3. The van der Waals surface area contributed by atoms with Crippen molar-refractivity contribution in [2.45, 2.75) is 84.0 Å². The Labute approximate surface area is 451 Å². The van der Waals surface area contributed by atoms with E-state index in [4.69, 9.17) is 4.42 Å². The van der Waals surface area contributed by atoms with E-state index in [0.29, 0.717) is 0 Å². The van der Waals surface area contributed by atoms with Crippen LogP contribution < -0.4 is 4.90 Å². The fraction of sp³-hybridized carbons (Fsp3) is 0.173. The normalized spacial score (nSPS) is 16.0. The second-order valence-corrected chi connectivity index (χ2v) is 24.9. The number of fused-ring (bicyclic) bond motifs is 18. The van der Waals surface area contributed by atoms with Gasteiger partial charge in [-0.05, 0) is 195 Å². The van der Waals surface area contributed by atoms with Crippen LogP contribution in [0.1, 0.15) is 105 Å². The topological polar surface area (TPSA) is 16.4 Å². The van der Waals surface area contributed by atoms with Gasteiger partial charge in [-0.15, -0.1) is 0 Å². The highest BCUT2D eigenvalue weighted by atomic mass is 16.3. The third kappa shape index (κ3) is 5.81. The van der Waals surface area contributed by atoms with E-state index in [1.165, 1.54) is 122 Å². The summed E-state index contributed by atoms with van der Waals surface area (Å²) in [6.07, 6.45) is 0. The second-order valence-electron chi connectivity index (χ2n) is 24.9. The Morgan fingerprint density at radius 3 is 1.38 bits per heavy atom. The Morgan fingerprint density at radius 2 is 0.740 bits per heavy atom. The van der Waals surface area contributed by atoms with Crippen molar-refractivity contribution in [2.24, 2.45) is 0 Å². The molecule has 4 aliphatic rings. The largest absolute Gasteiger partial charge is 0.453 e. The number of nitrogens with zero attached hydrogens (tertiary/aromatic N) is 1.